The molecule has 0 bridgehead atoms. The minimum absolute atomic E-state index is 0.0572. The van der Waals surface area contributed by atoms with Crippen LogP contribution in [0.4, 0.5) is 0 Å². The number of nitrogens with two attached hydrogens (primary N) is 1. The number of carbonyl (C=O) groups is 2. The molecule has 3 rings (SSSR count). The van der Waals surface area contributed by atoms with Crippen LogP contribution in [0, 0.1) is 16.7 Å². The van der Waals surface area contributed by atoms with Gasteiger partial charge in [-0.3, -0.25) is 15.0 Å². The third-order valence-corrected chi connectivity index (χ3v) is 5.15. The summed E-state index contributed by atoms with van der Waals surface area (Å²) in [7, 11) is 0. The highest BCUT2D eigenvalue weighted by Gasteiger charge is 2.20. The molecule has 0 saturated carbocycles. The van der Waals surface area contributed by atoms with Gasteiger partial charge in [0.25, 0.3) is 0 Å². The first-order valence-corrected chi connectivity index (χ1v) is 10.4. The highest BCUT2D eigenvalue weighted by atomic mass is 16.2. The average molecular weight is 440 g/mol. The molecule has 166 valence electrons. The maximum atomic E-state index is 12.8. The van der Waals surface area contributed by atoms with E-state index < -0.39 is 6.04 Å². The Labute approximate surface area is 192 Å². The lowest BCUT2D eigenvalue weighted by molar-refractivity contribution is -0.128. The molecule has 0 aromatic heterocycles. The number of nitrogen functional groups attached to an aromatic ring is 1. The molecule has 3 aromatic carbocycles. The Hall–Kier alpha value is -4.44. The van der Waals surface area contributed by atoms with E-state index in [4.69, 9.17) is 11.1 Å². The van der Waals surface area contributed by atoms with E-state index in [0.717, 1.165) is 22.3 Å². The lowest BCUT2D eigenvalue weighted by atomic mass is 9.99. The normalized spacial score (nSPS) is 11.2. The number of benzene rings is 3. The molecule has 0 fully saturated rings. The molecule has 3 aromatic rings. The number of amidine groups is 1. The predicted octanol–water partition coefficient (Wildman–Crippen LogP) is 2.87. The number of amides is 2. The van der Waals surface area contributed by atoms with Crippen LogP contribution in [0.5, 0.6) is 0 Å². The van der Waals surface area contributed by atoms with Crippen LogP contribution >= 0.6 is 0 Å². The minimum atomic E-state index is -0.758. The Morgan fingerprint density at radius 3 is 2.42 bits per heavy atom. The van der Waals surface area contributed by atoms with Crippen LogP contribution < -0.4 is 16.4 Å². The van der Waals surface area contributed by atoms with Crippen molar-refractivity contribution in [3.05, 3.63) is 95.1 Å². The lowest BCUT2D eigenvalue weighted by Gasteiger charge is -2.18. The molecular weight excluding hydrogens is 414 g/mol. The van der Waals surface area contributed by atoms with Crippen molar-refractivity contribution < 1.29 is 9.59 Å². The van der Waals surface area contributed by atoms with Gasteiger partial charge in [0.1, 0.15) is 11.9 Å². The van der Waals surface area contributed by atoms with E-state index in [1.54, 1.807) is 24.3 Å². The molecular formula is C26H25N5O2. The van der Waals surface area contributed by atoms with Gasteiger partial charge in [-0.1, -0.05) is 60.7 Å². The number of nitrogens with zero attached hydrogens (tertiary/aromatic N) is 1. The van der Waals surface area contributed by atoms with Crippen molar-refractivity contribution in [3.8, 4) is 17.2 Å². The summed E-state index contributed by atoms with van der Waals surface area (Å²) in [6, 6.07) is 23.5. The maximum absolute atomic E-state index is 12.8. The Bertz CT molecular complexity index is 1210. The van der Waals surface area contributed by atoms with Gasteiger partial charge in [-0.05, 0) is 34.4 Å². The first kappa shape index (κ1) is 23.2. The van der Waals surface area contributed by atoms with E-state index in [2.05, 4.69) is 16.7 Å². The summed E-state index contributed by atoms with van der Waals surface area (Å²) in [5.74, 6) is -0.672. The third kappa shape index (κ3) is 6.28. The number of carbonyl (C=O) groups excluding carboxylic acids is 2. The minimum Gasteiger partial charge on any atom is -0.384 e. The van der Waals surface area contributed by atoms with Crippen LogP contribution in [-0.2, 0) is 22.6 Å². The van der Waals surface area contributed by atoms with Gasteiger partial charge in [-0.25, -0.2) is 0 Å². The molecule has 0 aliphatic heterocycles. The van der Waals surface area contributed by atoms with Gasteiger partial charge in [0, 0.05) is 25.5 Å². The molecule has 2 amide bonds. The van der Waals surface area contributed by atoms with Crippen LogP contribution in [0.1, 0.15) is 29.2 Å². The number of nitriles is 1. The van der Waals surface area contributed by atoms with E-state index in [0.29, 0.717) is 17.7 Å². The summed E-state index contributed by atoms with van der Waals surface area (Å²) in [5.41, 5.74) is 10.2. The molecule has 0 spiro atoms. The fourth-order valence-electron chi connectivity index (χ4n) is 3.50. The monoisotopic (exact) mass is 439 g/mol. The second-order valence-corrected chi connectivity index (χ2v) is 7.64. The summed E-state index contributed by atoms with van der Waals surface area (Å²) in [6.07, 6.45) is 0.274. The highest BCUT2D eigenvalue weighted by molar-refractivity contribution is 5.95. The smallest absolute Gasteiger partial charge is 0.243 e. The van der Waals surface area contributed by atoms with Crippen molar-refractivity contribution in [2.24, 2.45) is 5.73 Å². The van der Waals surface area contributed by atoms with Crippen molar-refractivity contribution in [1.29, 1.82) is 10.7 Å². The molecule has 7 nitrogen and oxygen atoms in total. The summed E-state index contributed by atoms with van der Waals surface area (Å²) in [6.45, 7) is 1.66. The lowest BCUT2D eigenvalue weighted by Crippen LogP contribution is -2.47. The summed E-state index contributed by atoms with van der Waals surface area (Å²) in [4.78, 5) is 24.5. The fraction of sp³-hybridized carbons (Fsp3) is 0.154. The molecule has 1 atom stereocenters. The molecule has 33 heavy (non-hydrogen) atoms. The fourth-order valence-corrected chi connectivity index (χ4v) is 3.50. The number of hydrogen-bond donors (Lipinski definition) is 4. The molecule has 0 aliphatic carbocycles. The zero-order chi connectivity index (χ0) is 23.8. The van der Waals surface area contributed by atoms with E-state index in [9.17, 15) is 14.9 Å². The second kappa shape index (κ2) is 10.7. The van der Waals surface area contributed by atoms with Crippen molar-refractivity contribution in [1.82, 2.24) is 10.6 Å². The topological polar surface area (TPSA) is 132 Å². The maximum Gasteiger partial charge on any atom is 0.243 e. The summed E-state index contributed by atoms with van der Waals surface area (Å²) in [5, 5.41) is 22.4. The second-order valence-electron chi connectivity index (χ2n) is 7.64. The van der Waals surface area contributed by atoms with Crippen molar-refractivity contribution in [3.63, 3.8) is 0 Å². The Morgan fingerprint density at radius 1 is 1.03 bits per heavy atom. The Balaban J connectivity index is 1.67. The predicted molar refractivity (Wildman–Crippen MR) is 127 cm³/mol. The first-order chi connectivity index (χ1) is 15.9. The standard InChI is InChI=1S/C26H25N5O2/c1-17(32)31-24(14-19-5-4-7-21(13-19)25(28)29)26(33)30-16-18-9-11-20(12-10-18)23-8-3-2-6-22(23)15-27/h2-13,24H,14,16H2,1H3,(H3,28,29)(H,30,33)(H,31,32)/t24-/m0/s1. The SMILES string of the molecule is CC(=O)N[C@@H](Cc1cccc(C(=N)N)c1)C(=O)NCc1ccc(-c2ccccc2C#N)cc1. The van der Waals surface area contributed by atoms with Gasteiger partial charge in [0.05, 0.1) is 11.6 Å². The molecule has 0 heterocycles. The van der Waals surface area contributed by atoms with E-state index in [-0.39, 0.29) is 24.1 Å². The van der Waals surface area contributed by atoms with Gasteiger partial charge < -0.3 is 16.4 Å². The number of nitrogens with one attached hydrogen (secondary N) is 3. The quantitative estimate of drug-likeness (QED) is 0.317. The average Bonchev–Trinajstić information content (AvgIpc) is 2.82. The van der Waals surface area contributed by atoms with Crippen LogP contribution in [-0.4, -0.2) is 23.7 Å². The number of hydrogen-bond acceptors (Lipinski definition) is 4. The molecule has 0 radical (unpaired) electrons. The van der Waals surface area contributed by atoms with E-state index in [1.807, 2.05) is 48.5 Å². The summed E-state index contributed by atoms with van der Waals surface area (Å²) >= 11 is 0. The van der Waals surface area contributed by atoms with Crippen LogP contribution in [0.25, 0.3) is 11.1 Å². The van der Waals surface area contributed by atoms with Crippen LogP contribution in [0.15, 0.2) is 72.8 Å². The molecule has 0 saturated heterocycles. The van der Waals surface area contributed by atoms with E-state index >= 15 is 0 Å². The highest BCUT2D eigenvalue weighted by Crippen LogP contribution is 2.23. The molecule has 7 heteroatoms. The van der Waals surface area contributed by atoms with Crippen LogP contribution in [0.3, 0.4) is 0 Å². The number of rotatable bonds is 8. The molecule has 0 unspecified atom stereocenters. The Morgan fingerprint density at radius 2 is 1.76 bits per heavy atom. The molecule has 5 N–H and O–H groups in total. The third-order valence-electron chi connectivity index (χ3n) is 5.15. The van der Waals surface area contributed by atoms with Gasteiger partial charge in [-0.2, -0.15) is 5.26 Å². The first-order valence-electron chi connectivity index (χ1n) is 10.4. The zero-order valence-corrected chi connectivity index (χ0v) is 18.3. The Kier molecular flexibility index (Phi) is 7.55. The zero-order valence-electron chi connectivity index (χ0n) is 18.3. The van der Waals surface area contributed by atoms with Gasteiger partial charge >= 0.3 is 0 Å². The van der Waals surface area contributed by atoms with Gasteiger partial charge in [0.15, 0.2) is 0 Å². The van der Waals surface area contributed by atoms with E-state index in [1.165, 1.54) is 6.92 Å². The van der Waals surface area contributed by atoms with Crippen molar-refractivity contribution in [2.45, 2.75) is 25.9 Å². The van der Waals surface area contributed by atoms with Gasteiger partial charge in [-0.15, -0.1) is 0 Å². The van der Waals surface area contributed by atoms with Crippen molar-refractivity contribution in [2.75, 3.05) is 0 Å². The summed E-state index contributed by atoms with van der Waals surface area (Å²) < 4.78 is 0. The van der Waals surface area contributed by atoms with Crippen LogP contribution in [0.2, 0.25) is 0 Å². The van der Waals surface area contributed by atoms with Crippen molar-refractivity contribution >= 4 is 17.6 Å². The van der Waals surface area contributed by atoms with Gasteiger partial charge in [0.2, 0.25) is 11.8 Å². The largest absolute Gasteiger partial charge is 0.384 e. The molecule has 0 aliphatic rings.